The molecular formula is C33H44N4O2. The van der Waals surface area contributed by atoms with Crippen LogP contribution in [0.4, 0.5) is 5.69 Å². The lowest BCUT2D eigenvalue weighted by Gasteiger charge is -2.25. The van der Waals surface area contributed by atoms with Crippen molar-refractivity contribution in [2.24, 2.45) is 11.7 Å². The van der Waals surface area contributed by atoms with Crippen LogP contribution in [0.15, 0.2) is 96.9 Å². The zero-order valence-electron chi connectivity index (χ0n) is 24.4. The Hall–Kier alpha value is -3.74. The van der Waals surface area contributed by atoms with Gasteiger partial charge in [0.25, 0.3) is 0 Å². The van der Waals surface area contributed by atoms with Crippen LogP contribution in [-0.2, 0) is 4.74 Å². The van der Waals surface area contributed by atoms with Crippen LogP contribution in [0.3, 0.4) is 0 Å². The van der Waals surface area contributed by atoms with Crippen molar-refractivity contribution in [3.63, 3.8) is 0 Å². The molecule has 1 saturated carbocycles. The molecule has 1 aliphatic rings. The van der Waals surface area contributed by atoms with Gasteiger partial charge < -0.3 is 30.3 Å². The van der Waals surface area contributed by atoms with E-state index >= 15 is 0 Å². The van der Waals surface area contributed by atoms with Crippen molar-refractivity contribution in [2.45, 2.75) is 25.6 Å². The fourth-order valence-corrected chi connectivity index (χ4v) is 4.58. The van der Waals surface area contributed by atoms with Gasteiger partial charge in [0, 0.05) is 65.3 Å². The van der Waals surface area contributed by atoms with E-state index < -0.39 is 6.29 Å². The van der Waals surface area contributed by atoms with E-state index in [2.05, 4.69) is 64.9 Å². The van der Waals surface area contributed by atoms with Gasteiger partial charge in [-0.25, -0.2) is 0 Å². The highest BCUT2D eigenvalue weighted by Gasteiger charge is 2.43. The molecule has 39 heavy (non-hydrogen) atoms. The van der Waals surface area contributed by atoms with E-state index in [4.69, 9.17) is 10.5 Å². The molecule has 0 saturated heterocycles. The van der Waals surface area contributed by atoms with Crippen LogP contribution in [-0.4, -0.2) is 63.5 Å². The third-order valence-electron chi connectivity index (χ3n) is 7.23. The van der Waals surface area contributed by atoms with Gasteiger partial charge in [0.15, 0.2) is 6.29 Å². The first-order chi connectivity index (χ1) is 18.6. The smallest absolute Gasteiger partial charge is 0.157 e. The maximum absolute atomic E-state index is 9.98. The molecular weight excluding hydrogens is 484 g/mol. The molecule has 2 aromatic carbocycles. The molecule has 3 rings (SSSR count). The second-order valence-electron chi connectivity index (χ2n) is 10.3. The van der Waals surface area contributed by atoms with Crippen molar-refractivity contribution in [3.8, 4) is 0 Å². The third-order valence-corrected chi connectivity index (χ3v) is 7.23. The van der Waals surface area contributed by atoms with Gasteiger partial charge in [0.2, 0.25) is 0 Å². The first-order valence-electron chi connectivity index (χ1n) is 13.3. The first kappa shape index (κ1) is 29.8. The van der Waals surface area contributed by atoms with Crippen molar-refractivity contribution in [1.82, 2.24) is 9.80 Å². The quantitative estimate of drug-likeness (QED) is 0.275. The standard InChI is InChI=1S/C33H44N4O2/c1-9-11-27(35(3)4)12-10-13-31(32(34)26-18-20-28(21-19-26)36(5)6)37(7)23(2)24-14-16-25(17-15-24)29-22-30(29)33(38)39-8/h9-21,29-30,33,38H,2,22,34H2,1,3-8H3/b11-9-,13-10+,27-12+,32-31-/t29?,30-,33?/m0/s1. The minimum absolute atomic E-state index is 0.160. The Bertz CT molecular complexity index is 1240. The lowest BCUT2D eigenvalue weighted by Crippen LogP contribution is -2.19. The van der Waals surface area contributed by atoms with Gasteiger partial charge >= 0.3 is 0 Å². The second kappa shape index (κ2) is 13.4. The summed E-state index contributed by atoms with van der Waals surface area (Å²) in [5.74, 6) is 0.488. The summed E-state index contributed by atoms with van der Waals surface area (Å²) in [6.45, 7) is 6.42. The number of methoxy groups -OCH3 is 1. The Labute approximate surface area is 234 Å². The molecule has 3 atom stereocenters. The minimum Gasteiger partial charge on any atom is -0.397 e. The van der Waals surface area contributed by atoms with E-state index in [1.165, 1.54) is 5.56 Å². The van der Waals surface area contributed by atoms with E-state index in [0.717, 1.165) is 40.3 Å². The molecule has 0 aromatic heterocycles. The number of ether oxygens (including phenoxy) is 1. The highest BCUT2D eigenvalue weighted by Crippen LogP contribution is 2.49. The molecule has 1 fully saturated rings. The highest BCUT2D eigenvalue weighted by atomic mass is 16.6. The van der Waals surface area contributed by atoms with E-state index in [0.29, 0.717) is 11.6 Å². The van der Waals surface area contributed by atoms with Crippen LogP contribution in [0.1, 0.15) is 36.0 Å². The van der Waals surface area contributed by atoms with Crippen molar-refractivity contribution < 1.29 is 9.84 Å². The SMILES string of the molecule is C=C(c1ccc(C2C[C@@H]2C(O)OC)cc1)N(C)C(/C=C/C=C(\C=C/C)N(C)C)=C(\N)c1ccc(N(C)C)cc1. The fourth-order valence-electron chi connectivity index (χ4n) is 4.58. The van der Waals surface area contributed by atoms with Crippen LogP contribution in [0, 0.1) is 5.92 Å². The molecule has 0 amide bonds. The van der Waals surface area contributed by atoms with Gasteiger partial charge in [0.05, 0.1) is 11.4 Å². The van der Waals surface area contributed by atoms with Crippen LogP contribution in [0.25, 0.3) is 11.4 Å². The normalized spacial score (nSPS) is 18.7. The van der Waals surface area contributed by atoms with Crippen LogP contribution < -0.4 is 10.6 Å². The van der Waals surface area contributed by atoms with Crippen LogP contribution in [0.5, 0.6) is 0 Å². The van der Waals surface area contributed by atoms with Gasteiger partial charge in [-0.2, -0.15) is 0 Å². The number of aliphatic hydroxyl groups is 1. The summed E-state index contributed by atoms with van der Waals surface area (Å²) < 4.78 is 5.09. The summed E-state index contributed by atoms with van der Waals surface area (Å²) in [5.41, 5.74) is 14.5. The van der Waals surface area contributed by atoms with Crippen molar-refractivity contribution >= 4 is 17.1 Å². The van der Waals surface area contributed by atoms with Crippen LogP contribution in [0.2, 0.25) is 0 Å². The summed E-state index contributed by atoms with van der Waals surface area (Å²) in [7, 11) is 11.6. The molecule has 6 heteroatoms. The topological polar surface area (TPSA) is 65.2 Å². The Morgan fingerprint density at radius 3 is 2.15 bits per heavy atom. The predicted molar refractivity (Wildman–Crippen MR) is 165 cm³/mol. The predicted octanol–water partition coefficient (Wildman–Crippen LogP) is 5.63. The number of anilines is 1. The fraction of sp³-hybridized carbons (Fsp3) is 0.333. The number of hydrogen-bond acceptors (Lipinski definition) is 6. The second-order valence-corrected chi connectivity index (χ2v) is 10.3. The third kappa shape index (κ3) is 7.43. The Balaban J connectivity index is 1.93. The molecule has 0 spiro atoms. The number of hydrogen-bond donors (Lipinski definition) is 2. The molecule has 6 nitrogen and oxygen atoms in total. The zero-order valence-corrected chi connectivity index (χ0v) is 24.4. The number of nitrogens with two attached hydrogens (primary N) is 1. The van der Waals surface area contributed by atoms with Gasteiger partial charge in [-0.3, -0.25) is 0 Å². The van der Waals surface area contributed by atoms with E-state index in [1.807, 2.05) is 77.4 Å². The minimum atomic E-state index is -0.708. The molecule has 0 aliphatic heterocycles. The van der Waals surface area contributed by atoms with Crippen molar-refractivity contribution in [1.29, 1.82) is 0 Å². The Morgan fingerprint density at radius 1 is 1.00 bits per heavy atom. The average molecular weight is 529 g/mol. The molecule has 3 N–H and O–H groups in total. The molecule has 0 bridgehead atoms. The summed E-state index contributed by atoms with van der Waals surface area (Å²) in [6, 6.07) is 16.6. The number of allylic oxidation sites excluding steroid dienone is 5. The number of aliphatic hydroxyl groups excluding tert-OH is 1. The lowest BCUT2D eigenvalue weighted by molar-refractivity contribution is -0.0895. The highest BCUT2D eigenvalue weighted by molar-refractivity contribution is 5.74. The van der Waals surface area contributed by atoms with Gasteiger partial charge in [-0.1, -0.05) is 55.1 Å². The van der Waals surface area contributed by atoms with E-state index in [9.17, 15) is 5.11 Å². The molecule has 1 aliphatic carbocycles. The Morgan fingerprint density at radius 2 is 1.62 bits per heavy atom. The molecule has 0 heterocycles. The summed E-state index contributed by atoms with van der Waals surface area (Å²) in [4.78, 5) is 6.17. The largest absolute Gasteiger partial charge is 0.397 e. The number of likely N-dealkylation sites (N-methyl/N-ethyl adjacent to an activating group) is 2. The maximum atomic E-state index is 9.98. The molecule has 208 valence electrons. The molecule has 2 unspecified atom stereocenters. The number of rotatable bonds is 12. The first-order valence-corrected chi connectivity index (χ1v) is 13.3. The maximum Gasteiger partial charge on any atom is 0.157 e. The van der Waals surface area contributed by atoms with Gasteiger partial charge in [-0.15, -0.1) is 0 Å². The summed E-state index contributed by atoms with van der Waals surface area (Å²) >= 11 is 0. The lowest BCUT2D eigenvalue weighted by atomic mass is 10.0. The van der Waals surface area contributed by atoms with Crippen LogP contribution >= 0.6 is 0 Å². The van der Waals surface area contributed by atoms with Gasteiger partial charge in [0.1, 0.15) is 0 Å². The number of nitrogens with zero attached hydrogens (tertiary/aromatic N) is 3. The summed E-state index contributed by atoms with van der Waals surface area (Å²) in [5, 5.41) is 9.98. The Kier molecular flexibility index (Phi) is 10.2. The van der Waals surface area contributed by atoms with E-state index in [-0.39, 0.29) is 5.92 Å². The van der Waals surface area contributed by atoms with Crippen molar-refractivity contribution in [2.75, 3.05) is 47.2 Å². The zero-order chi connectivity index (χ0) is 28.7. The van der Waals surface area contributed by atoms with E-state index in [1.54, 1.807) is 7.11 Å². The molecule has 2 aromatic rings. The average Bonchev–Trinajstić information content (AvgIpc) is 3.74. The number of benzene rings is 2. The van der Waals surface area contributed by atoms with Gasteiger partial charge in [-0.05, 0) is 66.3 Å². The monoisotopic (exact) mass is 528 g/mol. The molecule has 0 radical (unpaired) electrons. The summed E-state index contributed by atoms with van der Waals surface area (Å²) in [6.07, 6.45) is 10.4. The van der Waals surface area contributed by atoms with Crippen molar-refractivity contribution in [3.05, 3.63) is 114 Å².